The maximum atomic E-state index is 13.0. The lowest BCUT2D eigenvalue weighted by Gasteiger charge is -2.17. The van der Waals surface area contributed by atoms with E-state index in [4.69, 9.17) is 113 Å². The zero-order valence-corrected chi connectivity index (χ0v) is 67.4. The van der Waals surface area contributed by atoms with E-state index in [0.29, 0.717) is 338 Å². The molecule has 3 aliphatic heterocycles. The normalized spacial score (nSPS) is 14.6. The van der Waals surface area contributed by atoms with E-state index in [9.17, 15) is 34.2 Å². The van der Waals surface area contributed by atoms with Gasteiger partial charge in [-0.15, -0.1) is 0 Å². The molecule has 0 aromatic heterocycles. The number of carbonyl (C=O) groups is 4. The molecule has 2 aromatic carbocycles. The molecule has 0 radical (unpaired) electrons. The Morgan fingerprint density at radius 1 is 0.400 bits per heavy atom. The number of hydrogen-bond acceptors (Lipinski definition) is 31. The summed E-state index contributed by atoms with van der Waals surface area (Å²) < 4.78 is 133. The average Bonchev–Trinajstić information content (AvgIpc) is 1.58. The number of carboxylic acids is 1. The minimum Gasteiger partial charge on any atom is -0.508 e. The summed E-state index contributed by atoms with van der Waals surface area (Å²) >= 11 is 1.90. The number of amides is 4. The fraction of sp³-hybridized carbons (Fsp3) is 0.709. The van der Waals surface area contributed by atoms with Gasteiger partial charge >= 0.3 is 12.0 Å². The average molecular weight is 1660 g/mol. The molecule has 6 rings (SSSR count). The Labute approximate surface area is 677 Å². The van der Waals surface area contributed by atoms with Crippen molar-refractivity contribution in [3.05, 3.63) is 75.9 Å². The van der Waals surface area contributed by atoms with E-state index >= 15 is 0 Å². The number of nitrogens with one attached hydrogen (secondary N) is 4. The van der Waals surface area contributed by atoms with Crippen molar-refractivity contribution in [3.63, 3.8) is 0 Å². The van der Waals surface area contributed by atoms with E-state index < -0.39 is 11.9 Å². The van der Waals surface area contributed by atoms with Gasteiger partial charge < -0.3 is 145 Å². The van der Waals surface area contributed by atoms with Gasteiger partial charge in [-0.2, -0.15) is 11.8 Å². The molecule has 4 amide bonds. The molecule has 1 aliphatic carbocycles. The van der Waals surface area contributed by atoms with Gasteiger partial charge in [-0.25, -0.2) is 9.59 Å². The Morgan fingerprint density at radius 3 is 1.11 bits per heavy atom. The van der Waals surface area contributed by atoms with Gasteiger partial charge in [-0.3, -0.25) is 14.4 Å². The van der Waals surface area contributed by atoms with Crippen molar-refractivity contribution in [2.45, 2.75) is 43.0 Å². The number of carbonyl (C=O) groups excluding carboxylic acids is 3. The molecule has 36 heteroatoms. The maximum absolute atomic E-state index is 13.0. The second-order valence-electron chi connectivity index (χ2n) is 25.4. The summed E-state index contributed by atoms with van der Waals surface area (Å²) in [5, 5.41) is 32.8. The SMILES string of the molecule is O=C(CCCC[C@H]1SC[C@H]2NC(=O)N[C@H]21)NCCOCCOCCOCCOCCOCCOCCOCCOCCOCCOCCOCCOCCOCCOCCOCCOCCOCCOCCOCCOCCOCCOCCOCCNC(=O)c1ccc(-c2c3ccc(=O)cc-3oc3cc(O)ccc23)c(C(=O)O)c1. The molecule has 35 nitrogen and oxygen atoms in total. The molecule has 2 fully saturated rings. The second-order valence-corrected chi connectivity index (χ2v) is 26.7. The van der Waals surface area contributed by atoms with Crippen LogP contribution >= 0.6 is 11.8 Å². The van der Waals surface area contributed by atoms with E-state index in [2.05, 4.69) is 21.3 Å². The number of rotatable bonds is 80. The molecule has 3 atom stereocenters. The predicted molar refractivity (Wildman–Crippen MR) is 421 cm³/mol. The first-order valence-corrected chi connectivity index (χ1v) is 40.8. The first-order chi connectivity index (χ1) is 56.7. The van der Waals surface area contributed by atoms with Crippen LogP contribution in [0.3, 0.4) is 0 Å². The van der Waals surface area contributed by atoms with Crippen molar-refractivity contribution in [3.8, 4) is 28.2 Å². The smallest absolute Gasteiger partial charge is 0.336 e. The number of carboxylic acid groups (broad SMARTS) is 1. The Kier molecular flexibility index (Phi) is 56.9. The van der Waals surface area contributed by atoms with Gasteiger partial charge in [-0.1, -0.05) is 12.5 Å². The summed E-state index contributed by atoms with van der Waals surface area (Å²) in [6.45, 7) is 21.0. The highest BCUT2D eigenvalue weighted by atomic mass is 32.2. The van der Waals surface area contributed by atoms with E-state index in [1.165, 1.54) is 36.4 Å². The number of fused-ring (bicyclic) bond motifs is 3. The van der Waals surface area contributed by atoms with Crippen molar-refractivity contribution >= 4 is 46.5 Å². The lowest BCUT2D eigenvalue weighted by Crippen LogP contribution is -2.36. The number of phenols is 1. The van der Waals surface area contributed by atoms with Gasteiger partial charge in [0.1, 0.15) is 17.1 Å². The number of aromatic carboxylic acids is 1. The van der Waals surface area contributed by atoms with Crippen molar-refractivity contribution in [1.29, 1.82) is 0 Å². The fourth-order valence-electron chi connectivity index (χ4n) is 11.1. The maximum Gasteiger partial charge on any atom is 0.336 e. The van der Waals surface area contributed by atoms with Crippen molar-refractivity contribution in [2.24, 2.45) is 0 Å². The zero-order valence-electron chi connectivity index (χ0n) is 66.5. The van der Waals surface area contributed by atoms with Crippen LogP contribution in [0.2, 0.25) is 0 Å². The molecule has 0 unspecified atom stereocenters. The summed E-state index contributed by atoms with van der Waals surface area (Å²) in [4.78, 5) is 61.3. The topological polar surface area (TPSA) is 399 Å². The highest BCUT2D eigenvalue weighted by molar-refractivity contribution is 8.00. The molecular weight excluding hydrogens is 1530 g/mol. The molecular formula is C79H124N4O31S. The van der Waals surface area contributed by atoms with E-state index in [0.717, 1.165) is 25.0 Å². The van der Waals surface area contributed by atoms with Gasteiger partial charge in [0, 0.05) is 64.7 Å². The molecule has 0 spiro atoms. The molecule has 115 heavy (non-hydrogen) atoms. The quantitative estimate of drug-likeness (QED) is 0.0207. The number of benzene rings is 3. The van der Waals surface area contributed by atoms with Crippen molar-refractivity contribution in [2.75, 3.05) is 323 Å². The van der Waals surface area contributed by atoms with Crippen LogP contribution in [-0.2, 0) is 114 Å². The first kappa shape index (κ1) is 97.9. The highest BCUT2D eigenvalue weighted by Gasteiger charge is 2.42. The summed E-state index contributed by atoms with van der Waals surface area (Å²) in [5.41, 5.74) is 1.27. The third-order valence-corrected chi connectivity index (χ3v) is 18.3. The van der Waals surface area contributed by atoms with Crippen LogP contribution in [0, 0.1) is 0 Å². The zero-order chi connectivity index (χ0) is 81.2. The first-order valence-electron chi connectivity index (χ1n) is 39.8. The second kappa shape index (κ2) is 66.9. The molecule has 0 bridgehead atoms. The number of unbranched alkanes of at least 4 members (excludes halogenated alkanes) is 1. The highest BCUT2D eigenvalue weighted by Crippen LogP contribution is 2.42. The number of urea groups is 1. The van der Waals surface area contributed by atoms with Crippen LogP contribution in [0.4, 0.5) is 4.79 Å². The fourth-order valence-corrected chi connectivity index (χ4v) is 12.7. The number of thioether (sulfide) groups is 1. The third kappa shape index (κ3) is 46.8. The number of ether oxygens (including phenoxy) is 23. The van der Waals surface area contributed by atoms with Crippen LogP contribution < -0.4 is 26.7 Å². The molecule has 0 saturated carbocycles. The summed E-state index contributed by atoms with van der Waals surface area (Å²) in [6.07, 6.45) is 3.29. The predicted octanol–water partition coefficient (Wildman–Crippen LogP) is 3.92. The van der Waals surface area contributed by atoms with Crippen molar-refractivity contribution < 1.29 is 143 Å². The Morgan fingerprint density at radius 2 is 0.748 bits per heavy atom. The standard InChI is InChI=1S/C79H124N4O31S/c84-64-6-9-67-71(60-64)114-72-61-65(85)7-10-68(72)75(67)66-8-5-63(59-69(66)78(88)89)77(87)81-12-14-92-16-18-94-20-22-96-24-26-98-28-30-100-32-34-102-36-38-104-40-42-106-44-46-108-48-50-110-52-54-112-56-58-113-57-55-111-53-51-109-49-47-107-45-43-105-41-39-103-37-35-101-33-31-99-29-27-97-25-23-95-21-19-93-17-15-91-13-11-80-74(86)4-2-1-3-73-76-70(62-115-73)82-79(90)83-76/h5-10,59-61,70,73,76,84H,1-4,11-58,62H2,(H,80,86)(H,81,87)(H,88,89)(H2,82,83,90)/t70-,73-,76-/m1/s1. The monoisotopic (exact) mass is 1660 g/mol. The largest absolute Gasteiger partial charge is 0.508 e. The lowest BCUT2D eigenvalue weighted by atomic mass is 9.90. The minimum absolute atomic E-state index is 0.0333. The molecule has 3 heterocycles. The van der Waals surface area contributed by atoms with E-state index in [-0.39, 0.29) is 70.8 Å². The summed E-state index contributed by atoms with van der Waals surface area (Å²) in [7, 11) is 0. The molecule has 652 valence electrons. The number of phenolic OH excluding ortho intramolecular Hbond substituents is 1. The number of hydrogen-bond donors (Lipinski definition) is 6. The molecule has 2 saturated heterocycles. The van der Waals surface area contributed by atoms with Crippen LogP contribution in [0.25, 0.3) is 33.4 Å². The lowest BCUT2D eigenvalue weighted by molar-refractivity contribution is -0.121. The molecule has 2 aromatic rings. The van der Waals surface area contributed by atoms with Gasteiger partial charge in [0.25, 0.3) is 5.91 Å². The van der Waals surface area contributed by atoms with E-state index in [1.807, 2.05) is 11.8 Å². The Hall–Kier alpha value is -5.96. The Bertz CT molecular complexity index is 3170. The van der Waals surface area contributed by atoms with Gasteiger partial charge in [0.15, 0.2) is 5.43 Å². The minimum atomic E-state index is -1.25. The van der Waals surface area contributed by atoms with Gasteiger partial charge in [0.2, 0.25) is 5.91 Å². The Balaban J connectivity index is 0.535. The van der Waals surface area contributed by atoms with Crippen LogP contribution in [0.15, 0.2) is 63.8 Å². The molecule has 4 aliphatic rings. The van der Waals surface area contributed by atoms with Crippen LogP contribution in [0.5, 0.6) is 5.75 Å². The van der Waals surface area contributed by atoms with E-state index in [1.54, 1.807) is 18.2 Å². The van der Waals surface area contributed by atoms with Crippen LogP contribution in [0.1, 0.15) is 46.4 Å². The van der Waals surface area contributed by atoms with Gasteiger partial charge in [-0.05, 0) is 54.8 Å². The number of aromatic hydroxyl groups is 1. The summed E-state index contributed by atoms with van der Waals surface area (Å²) in [6, 6.07) is 13.4. The molecule has 6 N–H and O–H groups in total. The summed E-state index contributed by atoms with van der Waals surface area (Å²) in [5.74, 6) is -0.584. The van der Waals surface area contributed by atoms with Crippen molar-refractivity contribution in [1.82, 2.24) is 21.3 Å². The van der Waals surface area contributed by atoms with Gasteiger partial charge in [0.05, 0.1) is 322 Å². The third-order valence-electron chi connectivity index (χ3n) is 16.8. The van der Waals surface area contributed by atoms with Crippen LogP contribution in [-0.4, -0.2) is 374 Å².